The lowest BCUT2D eigenvalue weighted by Gasteiger charge is -2.12. The van der Waals surface area contributed by atoms with Crippen molar-refractivity contribution in [1.29, 1.82) is 0 Å². The molecule has 0 unspecified atom stereocenters. The first kappa shape index (κ1) is 17.3. The van der Waals surface area contributed by atoms with Gasteiger partial charge in [0, 0.05) is 12.2 Å². The van der Waals surface area contributed by atoms with E-state index >= 15 is 0 Å². The van der Waals surface area contributed by atoms with Crippen molar-refractivity contribution in [3.63, 3.8) is 0 Å². The van der Waals surface area contributed by atoms with Gasteiger partial charge in [0.05, 0.1) is 19.1 Å². The van der Waals surface area contributed by atoms with E-state index in [0.29, 0.717) is 23.6 Å². The molecule has 3 N–H and O–H groups in total. The lowest BCUT2D eigenvalue weighted by Crippen LogP contribution is -2.27. The number of amides is 1. The van der Waals surface area contributed by atoms with E-state index in [2.05, 4.69) is 10.1 Å². The summed E-state index contributed by atoms with van der Waals surface area (Å²) >= 11 is 0. The second kappa shape index (κ2) is 8.57. The van der Waals surface area contributed by atoms with Crippen LogP contribution in [0.4, 0.5) is 5.69 Å². The molecule has 0 aliphatic heterocycles. The number of hydrogen-bond donors (Lipinski definition) is 2. The molecule has 126 valence electrons. The second-order valence-electron chi connectivity index (χ2n) is 5.11. The molecule has 0 saturated carbocycles. The molecule has 0 spiro atoms. The van der Waals surface area contributed by atoms with Gasteiger partial charge < -0.3 is 20.5 Å². The van der Waals surface area contributed by atoms with Crippen LogP contribution < -0.4 is 15.8 Å². The second-order valence-corrected chi connectivity index (χ2v) is 5.11. The zero-order valence-corrected chi connectivity index (χ0v) is 13.5. The highest BCUT2D eigenvalue weighted by atomic mass is 16.5. The minimum absolute atomic E-state index is 0.102. The van der Waals surface area contributed by atoms with Crippen LogP contribution in [0.5, 0.6) is 5.75 Å². The SMILES string of the molecule is COC(=O)CCNC(=O)c1cc(N)ccc1OCc1ccccc1. The van der Waals surface area contributed by atoms with E-state index in [1.165, 1.54) is 7.11 Å². The van der Waals surface area contributed by atoms with Crippen LogP contribution in [0.3, 0.4) is 0 Å². The number of hydrogen-bond acceptors (Lipinski definition) is 5. The Balaban J connectivity index is 2.03. The average Bonchev–Trinajstić information content (AvgIpc) is 2.61. The Morgan fingerprint density at radius 2 is 1.88 bits per heavy atom. The number of carbonyl (C=O) groups excluding carboxylic acids is 2. The molecule has 0 aromatic heterocycles. The molecule has 1 amide bonds. The van der Waals surface area contributed by atoms with Gasteiger partial charge in [-0.25, -0.2) is 0 Å². The standard InChI is InChI=1S/C18H20N2O4/c1-23-17(21)9-10-20-18(22)15-11-14(19)7-8-16(15)24-12-13-5-3-2-4-6-13/h2-8,11H,9-10,12,19H2,1H3,(H,20,22). The summed E-state index contributed by atoms with van der Waals surface area (Å²) in [5.74, 6) is -0.304. The van der Waals surface area contributed by atoms with Gasteiger partial charge in [0.15, 0.2) is 0 Å². The Bertz CT molecular complexity index is 701. The van der Waals surface area contributed by atoms with Crippen LogP contribution in [-0.4, -0.2) is 25.5 Å². The fraction of sp³-hybridized carbons (Fsp3) is 0.222. The molecule has 0 aliphatic carbocycles. The molecule has 0 saturated heterocycles. The van der Waals surface area contributed by atoms with E-state index in [-0.39, 0.29) is 24.8 Å². The normalized spacial score (nSPS) is 10.0. The van der Waals surface area contributed by atoms with E-state index < -0.39 is 0 Å². The molecular weight excluding hydrogens is 308 g/mol. The third-order valence-electron chi connectivity index (χ3n) is 3.33. The number of nitrogen functional groups attached to an aromatic ring is 1. The molecule has 0 heterocycles. The van der Waals surface area contributed by atoms with Crippen molar-refractivity contribution in [2.24, 2.45) is 0 Å². The maximum absolute atomic E-state index is 12.3. The van der Waals surface area contributed by atoms with Crippen molar-refractivity contribution in [2.75, 3.05) is 19.4 Å². The average molecular weight is 328 g/mol. The quantitative estimate of drug-likeness (QED) is 0.600. The molecule has 0 atom stereocenters. The van der Waals surface area contributed by atoms with Gasteiger partial charge in [-0.15, -0.1) is 0 Å². The number of esters is 1. The lowest BCUT2D eigenvalue weighted by molar-refractivity contribution is -0.140. The Labute approximate surface area is 140 Å². The van der Waals surface area contributed by atoms with Gasteiger partial charge in [0.25, 0.3) is 5.91 Å². The van der Waals surface area contributed by atoms with E-state index in [1.54, 1.807) is 18.2 Å². The van der Waals surface area contributed by atoms with Crippen LogP contribution in [0.1, 0.15) is 22.3 Å². The van der Waals surface area contributed by atoms with E-state index in [4.69, 9.17) is 10.5 Å². The third-order valence-corrected chi connectivity index (χ3v) is 3.33. The molecule has 0 radical (unpaired) electrons. The van der Waals surface area contributed by atoms with Crippen LogP contribution >= 0.6 is 0 Å². The monoisotopic (exact) mass is 328 g/mol. The van der Waals surface area contributed by atoms with Crippen molar-refractivity contribution in [3.8, 4) is 5.75 Å². The first-order valence-electron chi connectivity index (χ1n) is 7.51. The number of rotatable bonds is 7. The Hall–Kier alpha value is -3.02. The highest BCUT2D eigenvalue weighted by molar-refractivity contribution is 5.98. The molecule has 0 fully saturated rings. The van der Waals surface area contributed by atoms with Gasteiger partial charge in [0.1, 0.15) is 12.4 Å². The summed E-state index contributed by atoms with van der Waals surface area (Å²) in [7, 11) is 1.30. The number of anilines is 1. The predicted octanol–water partition coefficient (Wildman–Crippen LogP) is 2.14. The molecule has 6 heteroatoms. The smallest absolute Gasteiger partial charge is 0.307 e. The minimum atomic E-state index is -0.386. The maximum atomic E-state index is 12.3. The van der Waals surface area contributed by atoms with E-state index in [1.807, 2.05) is 30.3 Å². The van der Waals surface area contributed by atoms with Gasteiger partial charge in [-0.1, -0.05) is 30.3 Å². The minimum Gasteiger partial charge on any atom is -0.488 e. The molecule has 0 aliphatic rings. The molecule has 2 aromatic rings. The van der Waals surface area contributed by atoms with Crippen molar-refractivity contribution in [2.45, 2.75) is 13.0 Å². The number of nitrogens with two attached hydrogens (primary N) is 1. The van der Waals surface area contributed by atoms with Crippen LogP contribution in [0.15, 0.2) is 48.5 Å². The van der Waals surface area contributed by atoms with Crippen LogP contribution in [-0.2, 0) is 16.1 Å². The number of ether oxygens (including phenoxy) is 2. The third kappa shape index (κ3) is 5.01. The Morgan fingerprint density at radius 1 is 1.12 bits per heavy atom. The summed E-state index contributed by atoms with van der Waals surface area (Å²) < 4.78 is 10.3. The number of benzene rings is 2. The van der Waals surface area contributed by atoms with Crippen LogP contribution in [0.2, 0.25) is 0 Å². The Kier molecular flexibility index (Phi) is 6.19. The molecular formula is C18H20N2O4. The largest absolute Gasteiger partial charge is 0.488 e. The first-order valence-corrected chi connectivity index (χ1v) is 7.51. The van der Waals surface area contributed by atoms with Gasteiger partial charge >= 0.3 is 5.97 Å². The summed E-state index contributed by atoms with van der Waals surface area (Å²) in [5, 5.41) is 2.65. The van der Waals surface area contributed by atoms with E-state index in [9.17, 15) is 9.59 Å². The van der Waals surface area contributed by atoms with Crippen LogP contribution in [0.25, 0.3) is 0 Å². The highest BCUT2D eigenvalue weighted by Crippen LogP contribution is 2.22. The number of nitrogens with one attached hydrogen (secondary N) is 1. The molecule has 2 rings (SSSR count). The molecule has 6 nitrogen and oxygen atoms in total. The summed E-state index contributed by atoms with van der Waals surface area (Å²) in [4.78, 5) is 23.4. The molecule has 2 aromatic carbocycles. The number of carbonyl (C=O) groups is 2. The summed E-state index contributed by atoms with van der Waals surface area (Å²) in [6, 6.07) is 14.5. The van der Waals surface area contributed by atoms with Gasteiger partial charge in [-0.2, -0.15) is 0 Å². The molecule has 24 heavy (non-hydrogen) atoms. The van der Waals surface area contributed by atoms with Crippen molar-refractivity contribution >= 4 is 17.6 Å². The lowest BCUT2D eigenvalue weighted by atomic mass is 10.1. The van der Waals surface area contributed by atoms with Gasteiger partial charge in [0.2, 0.25) is 0 Å². The van der Waals surface area contributed by atoms with Gasteiger partial charge in [-0.3, -0.25) is 9.59 Å². The zero-order valence-electron chi connectivity index (χ0n) is 13.5. The highest BCUT2D eigenvalue weighted by Gasteiger charge is 2.14. The van der Waals surface area contributed by atoms with E-state index in [0.717, 1.165) is 5.56 Å². The fourth-order valence-corrected chi connectivity index (χ4v) is 2.06. The first-order chi connectivity index (χ1) is 11.6. The van der Waals surface area contributed by atoms with Crippen molar-refractivity contribution < 1.29 is 19.1 Å². The van der Waals surface area contributed by atoms with Crippen LogP contribution in [0, 0.1) is 0 Å². The number of methoxy groups -OCH3 is 1. The maximum Gasteiger partial charge on any atom is 0.307 e. The van der Waals surface area contributed by atoms with Gasteiger partial charge in [-0.05, 0) is 23.8 Å². The zero-order chi connectivity index (χ0) is 17.4. The summed E-state index contributed by atoms with van der Waals surface area (Å²) in [6.07, 6.45) is 0.102. The molecule has 0 bridgehead atoms. The van der Waals surface area contributed by atoms with Crippen molar-refractivity contribution in [1.82, 2.24) is 5.32 Å². The van der Waals surface area contributed by atoms with Crippen molar-refractivity contribution in [3.05, 3.63) is 59.7 Å². The summed E-state index contributed by atoms with van der Waals surface area (Å²) in [6.45, 7) is 0.519. The predicted molar refractivity (Wildman–Crippen MR) is 90.6 cm³/mol. The Morgan fingerprint density at radius 3 is 2.58 bits per heavy atom. The fourth-order valence-electron chi connectivity index (χ4n) is 2.06. The topological polar surface area (TPSA) is 90.7 Å². The summed E-state index contributed by atoms with van der Waals surface area (Å²) in [5.41, 5.74) is 7.54.